The van der Waals surface area contributed by atoms with Crippen LogP contribution < -0.4 is 10.1 Å². The van der Waals surface area contributed by atoms with Crippen LogP contribution in [0.5, 0.6) is 5.75 Å². The first-order chi connectivity index (χ1) is 9.97. The maximum Gasteiger partial charge on any atom is 0.260 e. The third-order valence-electron chi connectivity index (χ3n) is 3.80. The highest BCUT2D eigenvalue weighted by Gasteiger charge is 2.22. The summed E-state index contributed by atoms with van der Waals surface area (Å²) in [6.45, 7) is 3.41. The van der Waals surface area contributed by atoms with E-state index in [2.05, 4.69) is 21.2 Å². The lowest BCUT2D eigenvalue weighted by atomic mass is 10.1. The first-order valence-electron chi connectivity index (χ1n) is 7.42. The number of nitrogens with one attached hydrogen (secondary N) is 1. The SMILES string of the molecule is CC(Oc1ccc(Br)cc1[C@@H](C)O)C(=O)NC1CCCC1. The van der Waals surface area contributed by atoms with Crippen LogP contribution in [0.1, 0.15) is 51.2 Å². The number of rotatable bonds is 5. The summed E-state index contributed by atoms with van der Waals surface area (Å²) in [5, 5.41) is 12.8. The second-order valence-electron chi connectivity index (χ2n) is 5.61. The van der Waals surface area contributed by atoms with E-state index in [1.807, 2.05) is 12.1 Å². The van der Waals surface area contributed by atoms with Crippen LogP contribution in [0.2, 0.25) is 0 Å². The number of carbonyl (C=O) groups excluding carboxylic acids is 1. The zero-order valence-electron chi connectivity index (χ0n) is 12.4. The van der Waals surface area contributed by atoms with Crippen molar-refractivity contribution in [3.05, 3.63) is 28.2 Å². The molecular formula is C16H22BrNO3. The van der Waals surface area contributed by atoms with Gasteiger partial charge in [-0.3, -0.25) is 4.79 Å². The maximum atomic E-state index is 12.1. The monoisotopic (exact) mass is 355 g/mol. The van der Waals surface area contributed by atoms with Gasteiger partial charge in [0.15, 0.2) is 6.10 Å². The number of aliphatic hydroxyl groups is 1. The average Bonchev–Trinajstić information content (AvgIpc) is 2.93. The van der Waals surface area contributed by atoms with Gasteiger partial charge in [-0.25, -0.2) is 0 Å². The van der Waals surface area contributed by atoms with Gasteiger partial charge in [0.25, 0.3) is 5.91 Å². The van der Waals surface area contributed by atoms with Gasteiger partial charge in [-0.2, -0.15) is 0 Å². The molecule has 21 heavy (non-hydrogen) atoms. The Labute approximate surface area is 134 Å². The van der Waals surface area contributed by atoms with Crippen LogP contribution in [0, 0.1) is 0 Å². The molecule has 1 aromatic carbocycles. The van der Waals surface area contributed by atoms with Crippen molar-refractivity contribution in [3.63, 3.8) is 0 Å². The summed E-state index contributed by atoms with van der Waals surface area (Å²) < 4.78 is 6.61. The van der Waals surface area contributed by atoms with Gasteiger partial charge in [-0.05, 0) is 44.9 Å². The standard InChI is InChI=1S/C16H22BrNO3/c1-10(19)14-9-12(17)7-8-15(14)21-11(2)16(20)18-13-5-3-4-6-13/h7-11,13,19H,3-6H2,1-2H3,(H,18,20)/t10-,11?/m1/s1. The second kappa shape index (κ2) is 7.27. The number of ether oxygens (including phenoxy) is 1. The van der Waals surface area contributed by atoms with Crippen molar-refractivity contribution in [2.45, 2.75) is 57.8 Å². The van der Waals surface area contributed by atoms with Gasteiger partial charge in [0.05, 0.1) is 6.10 Å². The van der Waals surface area contributed by atoms with Crippen molar-refractivity contribution in [3.8, 4) is 5.75 Å². The smallest absolute Gasteiger partial charge is 0.260 e. The average molecular weight is 356 g/mol. The van der Waals surface area contributed by atoms with Gasteiger partial charge >= 0.3 is 0 Å². The van der Waals surface area contributed by atoms with Crippen LogP contribution in [0.15, 0.2) is 22.7 Å². The second-order valence-corrected chi connectivity index (χ2v) is 6.52. The molecule has 0 aromatic heterocycles. The Kier molecular flexibility index (Phi) is 5.65. The molecule has 116 valence electrons. The highest BCUT2D eigenvalue weighted by molar-refractivity contribution is 9.10. The Morgan fingerprint density at radius 3 is 2.67 bits per heavy atom. The molecule has 0 saturated heterocycles. The van der Waals surface area contributed by atoms with Crippen LogP contribution in [0.4, 0.5) is 0 Å². The van der Waals surface area contributed by atoms with Crippen LogP contribution >= 0.6 is 15.9 Å². The highest BCUT2D eigenvalue weighted by Crippen LogP contribution is 2.29. The van der Waals surface area contributed by atoms with Crippen molar-refractivity contribution in [1.29, 1.82) is 0 Å². The molecule has 4 nitrogen and oxygen atoms in total. The third kappa shape index (κ3) is 4.45. The molecule has 0 bridgehead atoms. The fourth-order valence-electron chi connectivity index (χ4n) is 2.59. The van der Waals surface area contributed by atoms with Crippen LogP contribution in [0.25, 0.3) is 0 Å². The molecule has 1 saturated carbocycles. The van der Waals surface area contributed by atoms with Gasteiger partial charge in [0, 0.05) is 16.1 Å². The fraction of sp³-hybridized carbons (Fsp3) is 0.562. The predicted octanol–water partition coefficient (Wildman–Crippen LogP) is 3.33. The number of carbonyl (C=O) groups is 1. The van der Waals surface area contributed by atoms with E-state index in [-0.39, 0.29) is 11.9 Å². The Morgan fingerprint density at radius 1 is 1.38 bits per heavy atom. The molecule has 2 atom stereocenters. The molecule has 1 aliphatic rings. The summed E-state index contributed by atoms with van der Waals surface area (Å²) in [7, 11) is 0. The fourth-order valence-corrected chi connectivity index (χ4v) is 2.96. The summed E-state index contributed by atoms with van der Waals surface area (Å²) in [5.41, 5.74) is 0.671. The van der Waals surface area contributed by atoms with Crippen LogP contribution in [-0.4, -0.2) is 23.2 Å². The molecule has 1 aromatic rings. The predicted molar refractivity (Wildman–Crippen MR) is 85.3 cm³/mol. The minimum absolute atomic E-state index is 0.0960. The number of hydrogen-bond acceptors (Lipinski definition) is 3. The Hall–Kier alpha value is -1.07. The Balaban J connectivity index is 2.01. The minimum atomic E-state index is -0.650. The Morgan fingerprint density at radius 2 is 2.05 bits per heavy atom. The van der Waals surface area contributed by atoms with E-state index in [0.29, 0.717) is 11.3 Å². The summed E-state index contributed by atoms with van der Waals surface area (Å²) >= 11 is 3.37. The first-order valence-corrected chi connectivity index (χ1v) is 8.21. The summed E-state index contributed by atoms with van der Waals surface area (Å²) in [4.78, 5) is 12.1. The number of aliphatic hydroxyl groups excluding tert-OH is 1. The van der Waals surface area contributed by atoms with E-state index in [1.165, 1.54) is 12.8 Å². The zero-order valence-corrected chi connectivity index (χ0v) is 14.0. The van der Waals surface area contributed by atoms with Crippen LogP contribution in [-0.2, 0) is 4.79 Å². The molecule has 2 rings (SSSR count). The van der Waals surface area contributed by atoms with Gasteiger partial charge in [0.2, 0.25) is 0 Å². The van der Waals surface area contributed by atoms with Crippen molar-refractivity contribution in [2.75, 3.05) is 0 Å². The zero-order chi connectivity index (χ0) is 15.4. The Bertz CT molecular complexity index is 498. The summed E-state index contributed by atoms with van der Waals surface area (Å²) in [6.07, 6.45) is 3.23. The lowest BCUT2D eigenvalue weighted by molar-refractivity contribution is -0.128. The molecule has 1 amide bonds. The minimum Gasteiger partial charge on any atom is -0.481 e. The molecule has 1 fully saturated rings. The maximum absolute atomic E-state index is 12.1. The van der Waals surface area contributed by atoms with E-state index in [1.54, 1.807) is 19.9 Å². The van der Waals surface area contributed by atoms with Crippen molar-refractivity contribution >= 4 is 21.8 Å². The largest absolute Gasteiger partial charge is 0.481 e. The van der Waals surface area contributed by atoms with Gasteiger partial charge in [-0.1, -0.05) is 28.8 Å². The molecule has 0 radical (unpaired) electrons. The van der Waals surface area contributed by atoms with Crippen molar-refractivity contribution in [2.24, 2.45) is 0 Å². The molecule has 5 heteroatoms. The molecular weight excluding hydrogens is 334 g/mol. The molecule has 0 spiro atoms. The van der Waals surface area contributed by atoms with Gasteiger partial charge < -0.3 is 15.2 Å². The lowest BCUT2D eigenvalue weighted by Crippen LogP contribution is -2.41. The molecule has 1 unspecified atom stereocenters. The van der Waals surface area contributed by atoms with Crippen LogP contribution in [0.3, 0.4) is 0 Å². The van der Waals surface area contributed by atoms with E-state index in [4.69, 9.17) is 4.74 Å². The highest BCUT2D eigenvalue weighted by atomic mass is 79.9. The lowest BCUT2D eigenvalue weighted by Gasteiger charge is -2.20. The third-order valence-corrected chi connectivity index (χ3v) is 4.29. The number of hydrogen-bond donors (Lipinski definition) is 2. The quantitative estimate of drug-likeness (QED) is 0.851. The number of benzene rings is 1. The van der Waals surface area contributed by atoms with E-state index in [9.17, 15) is 9.90 Å². The number of amides is 1. The number of halogens is 1. The summed E-state index contributed by atoms with van der Waals surface area (Å²) in [5.74, 6) is 0.448. The molecule has 1 aliphatic carbocycles. The van der Waals surface area contributed by atoms with E-state index < -0.39 is 12.2 Å². The first kappa shape index (κ1) is 16.3. The topological polar surface area (TPSA) is 58.6 Å². The normalized spacial score (nSPS) is 18.3. The van der Waals surface area contributed by atoms with Gasteiger partial charge in [-0.15, -0.1) is 0 Å². The van der Waals surface area contributed by atoms with E-state index >= 15 is 0 Å². The van der Waals surface area contributed by atoms with Crippen molar-refractivity contribution in [1.82, 2.24) is 5.32 Å². The molecule has 0 heterocycles. The molecule has 2 N–H and O–H groups in total. The summed E-state index contributed by atoms with van der Waals surface area (Å²) in [6, 6.07) is 5.69. The molecule has 0 aliphatic heterocycles. The van der Waals surface area contributed by atoms with E-state index in [0.717, 1.165) is 17.3 Å². The van der Waals surface area contributed by atoms with Crippen molar-refractivity contribution < 1.29 is 14.6 Å². The van der Waals surface area contributed by atoms with Gasteiger partial charge in [0.1, 0.15) is 5.75 Å².